The molecule has 1 aromatic carbocycles. The number of carbonyl (C=O) groups excluding carboxylic acids is 2. The molecule has 1 amide bonds. The van der Waals surface area contributed by atoms with E-state index < -0.39 is 11.7 Å². The van der Waals surface area contributed by atoms with Crippen LogP contribution in [0.3, 0.4) is 0 Å². The van der Waals surface area contributed by atoms with E-state index in [1.165, 1.54) is 13.2 Å². The number of carbonyl (C=O) groups is 2. The van der Waals surface area contributed by atoms with Crippen LogP contribution < -0.4 is 10.1 Å². The van der Waals surface area contributed by atoms with Gasteiger partial charge >= 0.3 is 6.09 Å². The Balaban J connectivity index is 2.85. The number of aldehydes is 1. The largest absolute Gasteiger partial charge is 0.496 e. The molecule has 0 bridgehead atoms. The fourth-order valence-electron chi connectivity index (χ4n) is 1.49. The molecule has 0 aliphatic heterocycles. The van der Waals surface area contributed by atoms with Gasteiger partial charge in [-0.3, -0.25) is 10.1 Å². The van der Waals surface area contributed by atoms with Gasteiger partial charge in [0.15, 0.2) is 0 Å². The molecule has 0 saturated carbocycles. The summed E-state index contributed by atoms with van der Waals surface area (Å²) in [5.74, 6) is 0.552. The summed E-state index contributed by atoms with van der Waals surface area (Å²) >= 11 is 0. The molecule has 1 aromatic rings. The average molecular weight is 277 g/mol. The zero-order chi connectivity index (χ0) is 15.2. The Morgan fingerprint density at radius 2 is 2.00 bits per heavy atom. The van der Waals surface area contributed by atoms with Gasteiger partial charge in [-0.25, -0.2) is 4.79 Å². The number of hydrogen-bond acceptors (Lipinski definition) is 4. The normalized spacial score (nSPS) is 11.2. The van der Waals surface area contributed by atoms with Crippen LogP contribution in [0, 0.1) is 0 Å². The molecule has 0 atom stereocenters. The Hall–Kier alpha value is -2.30. The van der Waals surface area contributed by atoms with Crippen LogP contribution >= 0.6 is 0 Å². The van der Waals surface area contributed by atoms with Crippen LogP contribution in [0.2, 0.25) is 0 Å². The van der Waals surface area contributed by atoms with Gasteiger partial charge in [-0.2, -0.15) is 0 Å². The first-order valence-corrected chi connectivity index (χ1v) is 6.15. The molecule has 0 saturated heterocycles. The lowest BCUT2D eigenvalue weighted by molar-refractivity contribution is -0.104. The van der Waals surface area contributed by atoms with E-state index in [2.05, 4.69) is 5.32 Å². The molecule has 1 rings (SSSR count). The molecule has 0 aromatic heterocycles. The van der Waals surface area contributed by atoms with E-state index in [1.54, 1.807) is 45.0 Å². The number of hydrogen-bond donors (Lipinski definition) is 1. The molecule has 1 N–H and O–H groups in total. The van der Waals surface area contributed by atoms with Crippen molar-refractivity contribution in [2.45, 2.75) is 26.4 Å². The summed E-state index contributed by atoms with van der Waals surface area (Å²) in [6, 6.07) is 5.11. The van der Waals surface area contributed by atoms with Crippen molar-refractivity contribution in [1.29, 1.82) is 0 Å². The van der Waals surface area contributed by atoms with Crippen molar-refractivity contribution in [1.82, 2.24) is 0 Å². The summed E-state index contributed by atoms with van der Waals surface area (Å²) in [5.41, 5.74) is 0.745. The summed E-state index contributed by atoms with van der Waals surface area (Å²) in [4.78, 5) is 22.0. The smallest absolute Gasteiger partial charge is 0.412 e. The molecule has 108 valence electrons. The number of anilines is 1. The second-order valence-electron chi connectivity index (χ2n) is 5.08. The third kappa shape index (κ3) is 5.14. The van der Waals surface area contributed by atoms with Gasteiger partial charge in [-0.1, -0.05) is 0 Å². The Morgan fingerprint density at radius 1 is 1.30 bits per heavy atom. The quantitative estimate of drug-likeness (QED) is 0.677. The summed E-state index contributed by atoms with van der Waals surface area (Å²) < 4.78 is 10.4. The molecule has 0 unspecified atom stereocenters. The van der Waals surface area contributed by atoms with Gasteiger partial charge in [-0.05, 0) is 45.1 Å². The molecule has 0 heterocycles. The molecule has 5 heteroatoms. The third-order valence-corrected chi connectivity index (χ3v) is 2.23. The van der Waals surface area contributed by atoms with Crippen molar-refractivity contribution >= 4 is 24.1 Å². The second-order valence-corrected chi connectivity index (χ2v) is 5.08. The van der Waals surface area contributed by atoms with E-state index in [1.807, 2.05) is 0 Å². The number of amides is 1. The first kappa shape index (κ1) is 15.8. The summed E-state index contributed by atoms with van der Waals surface area (Å²) in [6.07, 6.45) is 3.16. The minimum absolute atomic E-state index is 0.532. The minimum atomic E-state index is -0.555. The number of benzene rings is 1. The zero-order valence-electron chi connectivity index (χ0n) is 12.1. The fraction of sp³-hybridized carbons (Fsp3) is 0.333. The first-order valence-electron chi connectivity index (χ1n) is 6.15. The van der Waals surface area contributed by atoms with E-state index in [4.69, 9.17) is 9.47 Å². The number of rotatable bonds is 4. The van der Waals surface area contributed by atoms with Gasteiger partial charge in [0.1, 0.15) is 17.6 Å². The minimum Gasteiger partial charge on any atom is -0.496 e. The Kier molecular flexibility index (Phi) is 5.32. The third-order valence-electron chi connectivity index (χ3n) is 2.23. The first-order chi connectivity index (χ1) is 9.35. The molecule has 0 aliphatic rings. The number of allylic oxidation sites excluding steroid dienone is 1. The number of nitrogens with one attached hydrogen (secondary N) is 1. The predicted octanol–water partition coefficient (Wildman–Crippen LogP) is 3.25. The van der Waals surface area contributed by atoms with Crippen LogP contribution in [0.15, 0.2) is 24.3 Å². The molecule has 0 aliphatic carbocycles. The summed E-state index contributed by atoms with van der Waals surface area (Å²) in [5, 5.41) is 2.62. The van der Waals surface area contributed by atoms with Crippen molar-refractivity contribution in [3.05, 3.63) is 29.8 Å². The zero-order valence-corrected chi connectivity index (χ0v) is 12.1. The van der Waals surface area contributed by atoms with Crippen molar-refractivity contribution < 1.29 is 19.1 Å². The van der Waals surface area contributed by atoms with Gasteiger partial charge in [0.2, 0.25) is 0 Å². The van der Waals surface area contributed by atoms with Crippen molar-refractivity contribution in [2.24, 2.45) is 0 Å². The topological polar surface area (TPSA) is 64.6 Å². The predicted molar refractivity (Wildman–Crippen MR) is 77.9 cm³/mol. The van der Waals surface area contributed by atoms with E-state index in [9.17, 15) is 9.59 Å². The van der Waals surface area contributed by atoms with Crippen LogP contribution in [0.4, 0.5) is 10.5 Å². The maximum Gasteiger partial charge on any atom is 0.412 e. The Morgan fingerprint density at radius 3 is 2.55 bits per heavy atom. The lowest BCUT2D eigenvalue weighted by atomic mass is 10.1. The van der Waals surface area contributed by atoms with Gasteiger partial charge in [0.25, 0.3) is 0 Å². The van der Waals surface area contributed by atoms with Crippen molar-refractivity contribution in [3.8, 4) is 5.75 Å². The molecule has 0 fully saturated rings. The lowest BCUT2D eigenvalue weighted by Crippen LogP contribution is -2.27. The van der Waals surface area contributed by atoms with Crippen LogP contribution in [0.1, 0.15) is 26.3 Å². The lowest BCUT2D eigenvalue weighted by Gasteiger charge is -2.20. The highest BCUT2D eigenvalue weighted by molar-refractivity contribution is 5.86. The molecule has 20 heavy (non-hydrogen) atoms. The second kappa shape index (κ2) is 6.75. The van der Waals surface area contributed by atoms with E-state index >= 15 is 0 Å². The van der Waals surface area contributed by atoms with Gasteiger partial charge in [0.05, 0.1) is 7.11 Å². The fourth-order valence-corrected chi connectivity index (χ4v) is 1.49. The van der Waals surface area contributed by atoms with Crippen LogP contribution in [0.5, 0.6) is 5.75 Å². The summed E-state index contributed by atoms with van der Waals surface area (Å²) in [6.45, 7) is 5.38. The van der Waals surface area contributed by atoms with Crippen LogP contribution in [0.25, 0.3) is 6.08 Å². The molecule has 0 radical (unpaired) electrons. The van der Waals surface area contributed by atoms with E-state index in [0.29, 0.717) is 17.7 Å². The maximum absolute atomic E-state index is 11.7. The molecular formula is C15H19NO4. The number of ether oxygens (including phenoxy) is 2. The molecule has 5 nitrogen and oxygen atoms in total. The molecular weight excluding hydrogens is 258 g/mol. The SMILES string of the molecule is COc1cc(NC(=O)OC(C)(C)C)ccc1/C=C/C=O. The molecule has 0 spiro atoms. The summed E-state index contributed by atoms with van der Waals surface area (Å²) in [7, 11) is 1.52. The average Bonchev–Trinajstić information content (AvgIpc) is 2.34. The van der Waals surface area contributed by atoms with E-state index in [-0.39, 0.29) is 0 Å². The van der Waals surface area contributed by atoms with E-state index in [0.717, 1.165) is 5.56 Å². The number of methoxy groups -OCH3 is 1. The van der Waals surface area contributed by atoms with Crippen molar-refractivity contribution in [3.63, 3.8) is 0 Å². The highest BCUT2D eigenvalue weighted by atomic mass is 16.6. The van der Waals surface area contributed by atoms with Crippen LogP contribution in [-0.4, -0.2) is 25.1 Å². The maximum atomic E-state index is 11.7. The van der Waals surface area contributed by atoms with Gasteiger partial charge < -0.3 is 9.47 Å². The highest BCUT2D eigenvalue weighted by Gasteiger charge is 2.16. The highest BCUT2D eigenvalue weighted by Crippen LogP contribution is 2.24. The standard InChI is InChI=1S/C15H19NO4/c1-15(2,3)20-14(18)16-12-8-7-11(6-5-9-17)13(10-12)19-4/h5-10H,1-4H3,(H,16,18)/b6-5+. The van der Waals surface area contributed by atoms with Crippen LogP contribution in [-0.2, 0) is 9.53 Å². The Labute approximate surface area is 118 Å². The van der Waals surface area contributed by atoms with Gasteiger partial charge in [0, 0.05) is 17.3 Å². The monoisotopic (exact) mass is 277 g/mol. The Bertz CT molecular complexity index is 515. The van der Waals surface area contributed by atoms with Gasteiger partial charge in [-0.15, -0.1) is 0 Å². The van der Waals surface area contributed by atoms with Crippen molar-refractivity contribution in [2.75, 3.05) is 12.4 Å².